The highest BCUT2D eigenvalue weighted by Gasteiger charge is 2.22. The van der Waals surface area contributed by atoms with Crippen LogP contribution in [0.15, 0.2) is 6.20 Å². The molecule has 0 aliphatic carbocycles. The molecule has 2 rings (SSSR count). The van der Waals surface area contributed by atoms with E-state index in [2.05, 4.69) is 22.5 Å². The Kier molecular flexibility index (Phi) is 3.33. The van der Waals surface area contributed by atoms with Crippen LogP contribution in [-0.4, -0.2) is 24.0 Å². The molecule has 0 saturated carbocycles. The lowest BCUT2D eigenvalue weighted by atomic mass is 10.1. The van der Waals surface area contributed by atoms with Gasteiger partial charge in [0.05, 0.1) is 5.92 Å². The molecule has 82 valence electrons. The molecule has 0 bridgehead atoms. The summed E-state index contributed by atoms with van der Waals surface area (Å²) in [5.74, 6) is 0.205. The fourth-order valence-electron chi connectivity index (χ4n) is 1.61. The number of aryl methyl sites for hydroxylation is 1. The maximum atomic E-state index is 11.7. The van der Waals surface area contributed by atoms with Gasteiger partial charge in [0.15, 0.2) is 5.13 Å². The summed E-state index contributed by atoms with van der Waals surface area (Å²) < 4.78 is 0. The normalized spacial score (nSPS) is 20.5. The first-order chi connectivity index (χ1) is 7.29. The molecule has 1 saturated heterocycles. The molecule has 0 unspecified atom stereocenters. The van der Waals surface area contributed by atoms with Crippen molar-refractivity contribution < 1.29 is 4.79 Å². The maximum absolute atomic E-state index is 11.7. The lowest BCUT2D eigenvalue weighted by Gasteiger charge is -2.06. The lowest BCUT2D eigenvalue weighted by Crippen LogP contribution is -2.24. The number of anilines is 1. The summed E-state index contributed by atoms with van der Waals surface area (Å²) in [6.45, 7) is 3.81. The Hall–Kier alpha value is -0.940. The van der Waals surface area contributed by atoms with Crippen molar-refractivity contribution >= 4 is 22.4 Å². The van der Waals surface area contributed by atoms with E-state index in [9.17, 15) is 4.79 Å². The average molecular weight is 225 g/mol. The molecular weight excluding hydrogens is 210 g/mol. The number of rotatable bonds is 3. The van der Waals surface area contributed by atoms with Gasteiger partial charge < -0.3 is 10.6 Å². The van der Waals surface area contributed by atoms with Crippen molar-refractivity contribution in [3.05, 3.63) is 11.1 Å². The molecule has 0 spiro atoms. The third-order valence-corrected chi connectivity index (χ3v) is 3.62. The molecule has 15 heavy (non-hydrogen) atoms. The molecule has 5 heteroatoms. The number of carbonyl (C=O) groups excluding carboxylic acids is 1. The van der Waals surface area contributed by atoms with Crippen LogP contribution >= 0.6 is 11.3 Å². The van der Waals surface area contributed by atoms with Gasteiger partial charge in [-0.1, -0.05) is 6.92 Å². The second kappa shape index (κ2) is 4.72. The van der Waals surface area contributed by atoms with E-state index in [1.54, 1.807) is 11.3 Å². The van der Waals surface area contributed by atoms with Gasteiger partial charge in [0.1, 0.15) is 0 Å². The summed E-state index contributed by atoms with van der Waals surface area (Å²) in [7, 11) is 0. The van der Waals surface area contributed by atoms with E-state index in [1.165, 1.54) is 4.88 Å². The van der Waals surface area contributed by atoms with Gasteiger partial charge >= 0.3 is 0 Å². The Morgan fingerprint density at radius 3 is 3.27 bits per heavy atom. The van der Waals surface area contributed by atoms with Gasteiger partial charge in [0, 0.05) is 17.6 Å². The predicted octanol–water partition coefficient (Wildman–Crippen LogP) is 1.25. The molecule has 1 aromatic heterocycles. The molecule has 2 N–H and O–H groups in total. The van der Waals surface area contributed by atoms with Crippen molar-refractivity contribution in [2.45, 2.75) is 19.8 Å². The molecule has 1 aliphatic heterocycles. The van der Waals surface area contributed by atoms with Gasteiger partial charge in [-0.25, -0.2) is 4.98 Å². The van der Waals surface area contributed by atoms with Gasteiger partial charge in [-0.2, -0.15) is 0 Å². The quantitative estimate of drug-likeness (QED) is 0.814. The zero-order valence-electron chi connectivity index (χ0n) is 8.75. The predicted molar refractivity (Wildman–Crippen MR) is 61.1 cm³/mol. The minimum Gasteiger partial charge on any atom is -0.316 e. The van der Waals surface area contributed by atoms with Crippen LogP contribution in [0.3, 0.4) is 0 Å². The van der Waals surface area contributed by atoms with Crippen LogP contribution in [0.1, 0.15) is 18.2 Å². The highest BCUT2D eigenvalue weighted by atomic mass is 32.1. The molecule has 1 aliphatic rings. The van der Waals surface area contributed by atoms with Crippen molar-refractivity contribution in [2.24, 2.45) is 5.92 Å². The van der Waals surface area contributed by atoms with Crippen LogP contribution in [0, 0.1) is 5.92 Å². The molecule has 1 amide bonds. The standard InChI is InChI=1S/C10H15N3OS/c1-2-8-6-12-10(15-8)13-9(14)7-3-4-11-5-7/h6-7,11H,2-5H2,1H3,(H,12,13,14)/t7-/m0/s1. The second-order valence-corrected chi connectivity index (χ2v) is 4.78. The number of carbonyl (C=O) groups is 1. The van der Waals surface area contributed by atoms with Crippen LogP contribution in [-0.2, 0) is 11.2 Å². The van der Waals surface area contributed by atoms with Crippen LogP contribution < -0.4 is 10.6 Å². The van der Waals surface area contributed by atoms with Gasteiger partial charge in [-0.3, -0.25) is 4.79 Å². The highest BCUT2D eigenvalue weighted by molar-refractivity contribution is 7.15. The van der Waals surface area contributed by atoms with E-state index in [4.69, 9.17) is 0 Å². The second-order valence-electron chi connectivity index (χ2n) is 3.66. The molecule has 1 atom stereocenters. The van der Waals surface area contributed by atoms with E-state index in [0.717, 1.165) is 31.1 Å². The molecule has 2 heterocycles. The smallest absolute Gasteiger partial charge is 0.230 e. The Bertz CT molecular complexity index is 344. The molecule has 0 aromatic carbocycles. The van der Waals surface area contributed by atoms with Crippen molar-refractivity contribution in [3.8, 4) is 0 Å². The van der Waals surface area contributed by atoms with E-state index < -0.39 is 0 Å². The van der Waals surface area contributed by atoms with Gasteiger partial charge in [-0.15, -0.1) is 11.3 Å². The van der Waals surface area contributed by atoms with Crippen molar-refractivity contribution in [1.82, 2.24) is 10.3 Å². The molecule has 0 radical (unpaired) electrons. The first-order valence-electron chi connectivity index (χ1n) is 5.26. The minimum atomic E-state index is 0.0944. The Balaban J connectivity index is 1.92. The largest absolute Gasteiger partial charge is 0.316 e. The van der Waals surface area contributed by atoms with Crippen LogP contribution in [0.5, 0.6) is 0 Å². The number of hydrogen-bond acceptors (Lipinski definition) is 4. The van der Waals surface area contributed by atoms with Crippen molar-refractivity contribution in [2.75, 3.05) is 18.4 Å². The monoisotopic (exact) mass is 225 g/mol. The fraction of sp³-hybridized carbons (Fsp3) is 0.600. The average Bonchev–Trinajstić information content (AvgIpc) is 2.87. The van der Waals surface area contributed by atoms with E-state index in [0.29, 0.717) is 0 Å². The summed E-state index contributed by atoms with van der Waals surface area (Å²) in [5.41, 5.74) is 0. The third kappa shape index (κ3) is 2.54. The maximum Gasteiger partial charge on any atom is 0.230 e. The van der Waals surface area contributed by atoms with Crippen molar-refractivity contribution in [1.29, 1.82) is 0 Å². The SMILES string of the molecule is CCc1cnc(NC(=O)[C@H]2CCNC2)s1. The van der Waals surface area contributed by atoms with Gasteiger partial charge in [0.2, 0.25) is 5.91 Å². The van der Waals surface area contributed by atoms with E-state index in [1.807, 2.05) is 6.20 Å². The molecular formula is C10H15N3OS. The first kappa shape index (κ1) is 10.6. The van der Waals surface area contributed by atoms with Crippen LogP contribution in [0.2, 0.25) is 0 Å². The highest BCUT2D eigenvalue weighted by Crippen LogP contribution is 2.19. The summed E-state index contributed by atoms with van der Waals surface area (Å²) in [6, 6.07) is 0. The van der Waals surface area contributed by atoms with Gasteiger partial charge in [0.25, 0.3) is 0 Å². The Morgan fingerprint density at radius 2 is 2.67 bits per heavy atom. The minimum absolute atomic E-state index is 0.0944. The summed E-state index contributed by atoms with van der Waals surface area (Å²) in [6.07, 6.45) is 3.73. The fourth-order valence-corrected chi connectivity index (χ4v) is 2.37. The Labute approximate surface area is 93.1 Å². The lowest BCUT2D eigenvalue weighted by molar-refractivity contribution is -0.119. The van der Waals surface area contributed by atoms with Gasteiger partial charge in [-0.05, 0) is 19.4 Å². The number of nitrogens with one attached hydrogen (secondary N) is 2. The summed E-state index contributed by atoms with van der Waals surface area (Å²) >= 11 is 1.56. The van der Waals surface area contributed by atoms with Crippen LogP contribution in [0.4, 0.5) is 5.13 Å². The number of hydrogen-bond donors (Lipinski definition) is 2. The van der Waals surface area contributed by atoms with E-state index >= 15 is 0 Å². The number of amides is 1. The summed E-state index contributed by atoms with van der Waals surface area (Å²) in [4.78, 5) is 17.1. The summed E-state index contributed by atoms with van der Waals surface area (Å²) in [5, 5.41) is 6.77. The van der Waals surface area contributed by atoms with Crippen LogP contribution in [0.25, 0.3) is 0 Å². The zero-order valence-corrected chi connectivity index (χ0v) is 9.56. The molecule has 4 nitrogen and oxygen atoms in total. The van der Waals surface area contributed by atoms with Crippen molar-refractivity contribution in [3.63, 3.8) is 0 Å². The zero-order chi connectivity index (χ0) is 10.7. The molecule has 1 fully saturated rings. The Morgan fingerprint density at radius 1 is 1.80 bits per heavy atom. The first-order valence-corrected chi connectivity index (χ1v) is 6.07. The van der Waals surface area contributed by atoms with E-state index in [-0.39, 0.29) is 11.8 Å². The number of thiazole rings is 1. The number of aromatic nitrogens is 1. The third-order valence-electron chi connectivity index (χ3n) is 2.56. The topological polar surface area (TPSA) is 54.0 Å². The molecule has 1 aromatic rings. The number of nitrogens with zero attached hydrogens (tertiary/aromatic N) is 1.